The van der Waals surface area contributed by atoms with E-state index in [-0.39, 0.29) is 23.2 Å². The molecule has 0 fully saturated rings. The molecule has 1 aliphatic heterocycles. The number of fused-ring (bicyclic) bond motifs is 1. The summed E-state index contributed by atoms with van der Waals surface area (Å²) in [5, 5.41) is 13.8. The van der Waals surface area contributed by atoms with Crippen LogP contribution in [0.4, 0.5) is 5.69 Å². The Morgan fingerprint density at radius 3 is 2.54 bits per heavy atom. The van der Waals surface area contributed by atoms with Crippen LogP contribution in [-0.2, 0) is 4.79 Å². The molecule has 6 heteroatoms. The lowest BCUT2D eigenvalue weighted by Gasteiger charge is -2.41. The molecule has 6 nitrogen and oxygen atoms in total. The molecule has 1 aliphatic rings. The van der Waals surface area contributed by atoms with E-state index in [1.54, 1.807) is 18.2 Å². The number of hydrogen-bond acceptors (Lipinski definition) is 4. The van der Waals surface area contributed by atoms with Crippen molar-refractivity contribution in [3.63, 3.8) is 0 Å². The van der Waals surface area contributed by atoms with Gasteiger partial charge in [-0.2, -0.15) is 0 Å². The van der Waals surface area contributed by atoms with Gasteiger partial charge < -0.3 is 10.1 Å². The summed E-state index contributed by atoms with van der Waals surface area (Å²) in [6, 6.07) is 13.8. The van der Waals surface area contributed by atoms with Crippen molar-refractivity contribution in [2.45, 2.75) is 44.8 Å². The monoisotopic (exact) mass is 380 g/mol. The van der Waals surface area contributed by atoms with Gasteiger partial charge in [0.25, 0.3) is 5.69 Å². The number of para-hydroxylation sites is 1. The largest absolute Gasteiger partial charge is 0.487 e. The Morgan fingerprint density at radius 1 is 1.21 bits per heavy atom. The zero-order chi connectivity index (χ0) is 20.1. The summed E-state index contributed by atoms with van der Waals surface area (Å²) < 4.78 is 6.27. The maximum absolute atomic E-state index is 12.5. The third kappa shape index (κ3) is 4.22. The fourth-order valence-corrected chi connectivity index (χ4v) is 3.53. The van der Waals surface area contributed by atoms with Gasteiger partial charge >= 0.3 is 0 Å². The molecule has 3 rings (SSSR count). The summed E-state index contributed by atoms with van der Waals surface area (Å²) in [5.41, 5.74) is 1.45. The smallest absolute Gasteiger partial charge is 0.269 e. The van der Waals surface area contributed by atoms with Crippen molar-refractivity contribution >= 4 is 17.7 Å². The second-order valence-electron chi connectivity index (χ2n) is 6.98. The molecular weight excluding hydrogens is 356 g/mol. The van der Waals surface area contributed by atoms with Crippen molar-refractivity contribution in [3.05, 3.63) is 75.8 Å². The Kier molecular flexibility index (Phi) is 5.78. The molecule has 0 radical (unpaired) electrons. The second kappa shape index (κ2) is 8.25. The highest BCUT2D eigenvalue weighted by atomic mass is 16.6. The molecule has 0 bridgehead atoms. The summed E-state index contributed by atoms with van der Waals surface area (Å²) in [4.78, 5) is 22.8. The van der Waals surface area contributed by atoms with Crippen LogP contribution in [0.15, 0.2) is 54.6 Å². The first-order valence-corrected chi connectivity index (χ1v) is 9.47. The van der Waals surface area contributed by atoms with Crippen LogP contribution in [0.2, 0.25) is 0 Å². The molecule has 2 aromatic rings. The van der Waals surface area contributed by atoms with Crippen LogP contribution in [0.5, 0.6) is 5.75 Å². The Balaban J connectivity index is 1.74. The Morgan fingerprint density at radius 2 is 1.89 bits per heavy atom. The third-order valence-corrected chi connectivity index (χ3v) is 5.33. The quantitative estimate of drug-likeness (QED) is 0.443. The van der Waals surface area contributed by atoms with E-state index >= 15 is 0 Å². The van der Waals surface area contributed by atoms with Gasteiger partial charge in [-0.15, -0.1) is 0 Å². The first-order chi connectivity index (χ1) is 13.5. The lowest BCUT2D eigenvalue weighted by molar-refractivity contribution is -0.384. The molecule has 2 aromatic carbocycles. The van der Waals surface area contributed by atoms with Gasteiger partial charge in [0.05, 0.1) is 11.0 Å². The van der Waals surface area contributed by atoms with Gasteiger partial charge in [-0.3, -0.25) is 14.9 Å². The van der Waals surface area contributed by atoms with Crippen molar-refractivity contribution in [1.82, 2.24) is 5.32 Å². The van der Waals surface area contributed by atoms with Crippen LogP contribution in [0, 0.1) is 10.1 Å². The first-order valence-electron chi connectivity index (χ1n) is 9.47. The number of carbonyl (C=O) groups is 1. The minimum Gasteiger partial charge on any atom is -0.487 e. The number of non-ortho nitro benzene ring substituents is 1. The molecule has 1 atom stereocenters. The van der Waals surface area contributed by atoms with Gasteiger partial charge in [0.2, 0.25) is 5.91 Å². The topological polar surface area (TPSA) is 81.5 Å². The molecule has 1 heterocycles. The summed E-state index contributed by atoms with van der Waals surface area (Å²) in [7, 11) is 0. The number of nitro groups is 1. The van der Waals surface area contributed by atoms with Crippen molar-refractivity contribution in [3.8, 4) is 5.75 Å². The van der Waals surface area contributed by atoms with E-state index in [1.807, 2.05) is 24.3 Å². The number of amides is 1. The number of hydrogen-bond donors (Lipinski definition) is 1. The van der Waals surface area contributed by atoms with Crippen molar-refractivity contribution in [2.75, 3.05) is 0 Å². The van der Waals surface area contributed by atoms with Gasteiger partial charge in [-0.1, -0.05) is 32.0 Å². The first kappa shape index (κ1) is 19.6. The zero-order valence-electron chi connectivity index (χ0n) is 16.1. The lowest BCUT2D eigenvalue weighted by Crippen LogP contribution is -2.44. The van der Waals surface area contributed by atoms with Gasteiger partial charge in [-0.05, 0) is 42.7 Å². The molecule has 0 saturated carbocycles. The van der Waals surface area contributed by atoms with Crippen molar-refractivity contribution < 1.29 is 14.5 Å². The second-order valence-corrected chi connectivity index (χ2v) is 6.98. The van der Waals surface area contributed by atoms with Gasteiger partial charge in [0, 0.05) is 30.2 Å². The van der Waals surface area contributed by atoms with E-state index in [0.29, 0.717) is 6.42 Å². The van der Waals surface area contributed by atoms with Crippen LogP contribution in [0.1, 0.15) is 50.3 Å². The summed E-state index contributed by atoms with van der Waals surface area (Å²) >= 11 is 0. The van der Waals surface area contributed by atoms with E-state index in [4.69, 9.17) is 4.74 Å². The Hall–Kier alpha value is -3.15. The van der Waals surface area contributed by atoms with Crippen LogP contribution in [0.25, 0.3) is 6.08 Å². The molecule has 0 aliphatic carbocycles. The van der Waals surface area contributed by atoms with Crippen molar-refractivity contribution in [1.29, 1.82) is 0 Å². The van der Waals surface area contributed by atoms with Gasteiger partial charge in [0.15, 0.2) is 0 Å². The van der Waals surface area contributed by atoms with Crippen molar-refractivity contribution in [2.24, 2.45) is 0 Å². The highest BCUT2D eigenvalue weighted by Gasteiger charge is 2.38. The minimum atomic E-state index is -0.448. The van der Waals surface area contributed by atoms with E-state index in [0.717, 1.165) is 29.7 Å². The highest BCUT2D eigenvalue weighted by Crippen LogP contribution is 2.42. The molecule has 0 saturated heterocycles. The Bertz CT molecular complexity index is 886. The summed E-state index contributed by atoms with van der Waals surface area (Å²) in [6.07, 6.45) is 5.55. The van der Waals surface area contributed by atoms with Gasteiger partial charge in [-0.25, -0.2) is 0 Å². The fraction of sp³-hybridized carbons (Fsp3) is 0.318. The van der Waals surface area contributed by atoms with Crippen LogP contribution in [0.3, 0.4) is 0 Å². The fourth-order valence-electron chi connectivity index (χ4n) is 3.53. The number of nitro benzene ring substituents is 1. The predicted molar refractivity (Wildman–Crippen MR) is 108 cm³/mol. The highest BCUT2D eigenvalue weighted by molar-refractivity contribution is 5.92. The molecule has 146 valence electrons. The number of nitrogens with one attached hydrogen (secondary N) is 1. The predicted octanol–water partition coefficient (Wildman–Crippen LogP) is 4.81. The minimum absolute atomic E-state index is 0.0240. The SMILES string of the molecule is CCC1(CC)C[C@H](NC(=O)/C=C/c2ccc([N+](=O)[O-])cc2)c2ccccc2O1. The molecule has 0 aromatic heterocycles. The van der Waals surface area contributed by atoms with Gasteiger partial charge in [0.1, 0.15) is 11.4 Å². The molecule has 0 unspecified atom stereocenters. The maximum Gasteiger partial charge on any atom is 0.269 e. The summed E-state index contributed by atoms with van der Waals surface area (Å²) in [6.45, 7) is 4.20. The van der Waals surface area contributed by atoms with E-state index in [1.165, 1.54) is 18.2 Å². The third-order valence-electron chi connectivity index (χ3n) is 5.33. The molecular formula is C22H24N2O4. The van der Waals surface area contributed by atoms with E-state index in [2.05, 4.69) is 19.2 Å². The van der Waals surface area contributed by atoms with E-state index < -0.39 is 4.92 Å². The number of benzene rings is 2. The maximum atomic E-state index is 12.5. The Labute approximate surface area is 164 Å². The molecule has 28 heavy (non-hydrogen) atoms. The summed E-state index contributed by atoms with van der Waals surface area (Å²) in [5.74, 6) is 0.614. The van der Waals surface area contributed by atoms with Crippen LogP contribution < -0.4 is 10.1 Å². The van der Waals surface area contributed by atoms with E-state index in [9.17, 15) is 14.9 Å². The number of nitrogens with zero attached hydrogens (tertiary/aromatic N) is 1. The standard InChI is InChI=1S/C22H24N2O4/c1-3-22(4-2)15-19(18-7-5-6-8-20(18)28-22)23-21(25)14-11-16-9-12-17(13-10-16)24(26)27/h5-14,19H,3-4,15H2,1-2H3,(H,23,25)/b14-11+/t19-/m0/s1. The normalized spacial score (nSPS) is 17.6. The lowest BCUT2D eigenvalue weighted by atomic mass is 9.83. The molecule has 1 amide bonds. The number of ether oxygens (including phenoxy) is 1. The molecule has 0 spiro atoms. The number of carbonyl (C=O) groups excluding carboxylic acids is 1. The number of rotatable bonds is 6. The van der Waals surface area contributed by atoms with Crippen LogP contribution in [-0.4, -0.2) is 16.4 Å². The molecule has 1 N–H and O–H groups in total. The average Bonchev–Trinajstić information content (AvgIpc) is 2.72. The zero-order valence-corrected chi connectivity index (χ0v) is 16.1. The van der Waals surface area contributed by atoms with Crippen LogP contribution >= 0.6 is 0 Å². The average molecular weight is 380 g/mol.